The van der Waals surface area contributed by atoms with Crippen LogP contribution in [-0.2, 0) is 6.61 Å². The van der Waals surface area contributed by atoms with E-state index in [-0.39, 0.29) is 12.4 Å². The third-order valence-corrected chi connectivity index (χ3v) is 4.94. The fraction of sp³-hybridized carbons (Fsp3) is 0.0870. The zero-order valence-electron chi connectivity index (χ0n) is 15.5. The number of benzene rings is 3. The molecule has 0 N–H and O–H groups in total. The maximum Gasteiger partial charge on any atom is 0.180 e. The Hall–Kier alpha value is -2.81. The van der Waals surface area contributed by atoms with E-state index >= 15 is 0 Å². The predicted octanol–water partition coefficient (Wildman–Crippen LogP) is 6.89. The van der Waals surface area contributed by atoms with Gasteiger partial charge in [0.1, 0.15) is 12.4 Å². The van der Waals surface area contributed by atoms with Gasteiger partial charge in [-0.05, 0) is 59.2 Å². The van der Waals surface area contributed by atoms with Gasteiger partial charge in [-0.1, -0.05) is 51.8 Å². The molecular weight excluding hydrogens is 457 g/mol. The van der Waals surface area contributed by atoms with Crippen molar-refractivity contribution in [3.8, 4) is 17.6 Å². The number of hydrogen-bond acceptors (Lipinski definition) is 3. The zero-order valence-corrected chi connectivity index (χ0v) is 17.8. The number of allylic oxidation sites excluding steroid dienone is 1. The molecule has 146 valence electrons. The molecule has 0 heterocycles. The van der Waals surface area contributed by atoms with Crippen LogP contribution in [0.4, 0.5) is 4.39 Å². The van der Waals surface area contributed by atoms with Gasteiger partial charge in [0.2, 0.25) is 0 Å². The highest BCUT2D eigenvalue weighted by molar-refractivity contribution is 9.10. The second kappa shape index (κ2) is 9.60. The van der Waals surface area contributed by atoms with E-state index in [9.17, 15) is 9.65 Å². The van der Waals surface area contributed by atoms with Crippen LogP contribution in [0.15, 0.2) is 65.1 Å². The van der Waals surface area contributed by atoms with Gasteiger partial charge in [0.15, 0.2) is 11.5 Å². The number of nitrogens with zero attached hydrogens (tertiary/aromatic N) is 1. The van der Waals surface area contributed by atoms with E-state index in [0.29, 0.717) is 27.7 Å². The van der Waals surface area contributed by atoms with Crippen molar-refractivity contribution in [1.82, 2.24) is 0 Å². The fourth-order valence-corrected chi connectivity index (χ4v) is 3.21. The van der Waals surface area contributed by atoms with E-state index in [1.807, 2.05) is 24.3 Å². The van der Waals surface area contributed by atoms with Crippen LogP contribution in [0.3, 0.4) is 0 Å². The lowest BCUT2D eigenvalue weighted by Gasteiger charge is -2.13. The lowest BCUT2D eigenvalue weighted by atomic mass is 10.0. The Morgan fingerprint density at radius 1 is 1.14 bits per heavy atom. The number of nitriles is 1. The molecular formula is C23H16BrClFNO2. The third kappa shape index (κ3) is 5.38. The molecule has 0 spiro atoms. The molecule has 0 atom stereocenters. The van der Waals surface area contributed by atoms with Gasteiger partial charge in [0.05, 0.1) is 23.8 Å². The molecule has 0 saturated carbocycles. The van der Waals surface area contributed by atoms with Crippen molar-refractivity contribution in [3.63, 3.8) is 0 Å². The summed E-state index contributed by atoms with van der Waals surface area (Å²) in [7, 11) is 1.52. The predicted molar refractivity (Wildman–Crippen MR) is 116 cm³/mol. The fourth-order valence-electron chi connectivity index (χ4n) is 2.68. The molecule has 3 nitrogen and oxygen atoms in total. The Morgan fingerprint density at radius 2 is 1.83 bits per heavy atom. The monoisotopic (exact) mass is 471 g/mol. The van der Waals surface area contributed by atoms with Crippen LogP contribution in [0.25, 0.3) is 11.6 Å². The molecule has 0 bridgehead atoms. The highest BCUT2D eigenvalue weighted by Crippen LogP contribution is 2.38. The van der Waals surface area contributed by atoms with Gasteiger partial charge in [-0.3, -0.25) is 0 Å². The first-order valence-electron chi connectivity index (χ1n) is 8.62. The zero-order chi connectivity index (χ0) is 20.8. The molecule has 3 rings (SSSR count). The van der Waals surface area contributed by atoms with Crippen molar-refractivity contribution in [2.45, 2.75) is 6.61 Å². The first-order chi connectivity index (χ1) is 14.0. The summed E-state index contributed by atoms with van der Waals surface area (Å²) >= 11 is 9.80. The maximum atomic E-state index is 13.0. The third-order valence-electron chi connectivity index (χ3n) is 4.13. The molecule has 0 fully saturated rings. The SMILES string of the molecule is COc1cc(/C=C(\C#N)c2ccc(Br)cc2)cc(Cl)c1OCc1ccc(F)cc1. The Morgan fingerprint density at radius 3 is 2.45 bits per heavy atom. The van der Waals surface area contributed by atoms with E-state index < -0.39 is 0 Å². The van der Waals surface area contributed by atoms with E-state index in [4.69, 9.17) is 21.1 Å². The molecule has 0 aliphatic rings. The second-order valence-corrected chi connectivity index (χ2v) is 7.45. The maximum absolute atomic E-state index is 13.0. The summed E-state index contributed by atoms with van der Waals surface area (Å²) in [6.07, 6.45) is 1.74. The van der Waals surface area contributed by atoms with E-state index in [1.165, 1.54) is 19.2 Å². The Bertz CT molecular complexity index is 1070. The van der Waals surface area contributed by atoms with E-state index in [2.05, 4.69) is 22.0 Å². The van der Waals surface area contributed by atoms with Crippen molar-refractivity contribution >= 4 is 39.2 Å². The van der Waals surface area contributed by atoms with Crippen molar-refractivity contribution in [3.05, 3.63) is 92.7 Å². The number of ether oxygens (including phenoxy) is 2. The van der Waals surface area contributed by atoms with Crippen LogP contribution in [0.5, 0.6) is 11.5 Å². The molecule has 0 aliphatic carbocycles. The standard InChI is InChI=1S/C23H16BrClFNO2/c1-28-22-12-16(10-18(13-27)17-4-6-19(24)7-5-17)11-21(25)23(22)29-14-15-2-8-20(26)9-3-15/h2-12H,14H2,1H3/b18-10+. The molecule has 0 radical (unpaired) electrons. The molecule has 0 saturated heterocycles. The van der Waals surface area contributed by atoms with Gasteiger partial charge >= 0.3 is 0 Å². The van der Waals surface area contributed by atoms with Crippen molar-refractivity contribution < 1.29 is 13.9 Å². The van der Waals surface area contributed by atoms with Gasteiger partial charge in [0.25, 0.3) is 0 Å². The van der Waals surface area contributed by atoms with Crippen molar-refractivity contribution in [1.29, 1.82) is 5.26 Å². The Balaban J connectivity index is 1.88. The van der Waals surface area contributed by atoms with Gasteiger partial charge in [-0.15, -0.1) is 0 Å². The first-order valence-corrected chi connectivity index (χ1v) is 9.80. The lowest BCUT2D eigenvalue weighted by molar-refractivity contribution is 0.284. The average molecular weight is 473 g/mol. The summed E-state index contributed by atoms with van der Waals surface area (Å²) in [4.78, 5) is 0. The normalized spacial score (nSPS) is 11.1. The summed E-state index contributed by atoms with van der Waals surface area (Å²) in [5.74, 6) is 0.524. The van der Waals surface area contributed by atoms with Crippen LogP contribution >= 0.6 is 27.5 Å². The van der Waals surface area contributed by atoms with Gasteiger partial charge in [-0.2, -0.15) is 5.26 Å². The molecule has 3 aromatic carbocycles. The lowest BCUT2D eigenvalue weighted by Crippen LogP contribution is -1.99. The minimum absolute atomic E-state index is 0.216. The molecule has 0 amide bonds. The Labute approximate surface area is 182 Å². The van der Waals surface area contributed by atoms with E-state index in [0.717, 1.165) is 15.6 Å². The number of halogens is 3. The summed E-state index contributed by atoms with van der Waals surface area (Å²) in [5, 5.41) is 9.90. The van der Waals surface area contributed by atoms with Crippen LogP contribution in [0, 0.1) is 17.1 Å². The van der Waals surface area contributed by atoms with Crippen molar-refractivity contribution in [2.24, 2.45) is 0 Å². The number of hydrogen-bond donors (Lipinski definition) is 0. The van der Waals surface area contributed by atoms with Crippen LogP contribution in [0.2, 0.25) is 5.02 Å². The average Bonchev–Trinajstić information content (AvgIpc) is 2.72. The molecule has 29 heavy (non-hydrogen) atoms. The van der Waals surface area contributed by atoms with Gasteiger partial charge in [-0.25, -0.2) is 4.39 Å². The summed E-state index contributed by atoms with van der Waals surface area (Å²) in [6, 6.07) is 19.2. The number of methoxy groups -OCH3 is 1. The largest absolute Gasteiger partial charge is 0.493 e. The minimum Gasteiger partial charge on any atom is -0.493 e. The summed E-state index contributed by atoms with van der Waals surface area (Å²) < 4.78 is 25.2. The van der Waals surface area contributed by atoms with Crippen LogP contribution < -0.4 is 9.47 Å². The first kappa shape index (κ1) is 20.9. The topological polar surface area (TPSA) is 42.2 Å². The molecule has 0 aromatic heterocycles. The highest BCUT2D eigenvalue weighted by atomic mass is 79.9. The van der Waals surface area contributed by atoms with Crippen LogP contribution in [-0.4, -0.2) is 7.11 Å². The molecule has 3 aromatic rings. The quantitative estimate of drug-likeness (QED) is 0.290. The Kier molecular flexibility index (Phi) is 6.92. The minimum atomic E-state index is -0.306. The molecule has 0 aliphatic heterocycles. The van der Waals surface area contributed by atoms with Crippen LogP contribution in [0.1, 0.15) is 16.7 Å². The highest BCUT2D eigenvalue weighted by Gasteiger charge is 2.13. The van der Waals surface area contributed by atoms with Crippen molar-refractivity contribution in [2.75, 3.05) is 7.11 Å². The number of rotatable bonds is 6. The summed E-state index contributed by atoms with van der Waals surface area (Å²) in [6.45, 7) is 0.216. The molecule has 0 unspecified atom stereocenters. The van der Waals surface area contributed by atoms with Gasteiger partial charge in [0, 0.05) is 4.47 Å². The van der Waals surface area contributed by atoms with E-state index in [1.54, 1.807) is 30.3 Å². The smallest absolute Gasteiger partial charge is 0.180 e. The molecule has 6 heteroatoms. The summed E-state index contributed by atoms with van der Waals surface area (Å²) in [5.41, 5.74) is 2.80. The van der Waals surface area contributed by atoms with Gasteiger partial charge < -0.3 is 9.47 Å². The second-order valence-electron chi connectivity index (χ2n) is 6.13.